The highest BCUT2D eigenvalue weighted by Gasteiger charge is 2.07. The lowest BCUT2D eigenvalue weighted by Gasteiger charge is -2.11. The first-order valence-electron chi connectivity index (χ1n) is 6.45. The zero-order valence-corrected chi connectivity index (χ0v) is 13.5. The number of halogens is 2. The molecule has 0 saturated carbocycles. The zero-order valence-electron chi connectivity index (χ0n) is 12.0. The molecule has 0 fully saturated rings. The smallest absolute Gasteiger partial charge is 0.241 e. The second kappa shape index (κ2) is 8.74. The SMILES string of the molecule is CN(C)C(=O)CNC(=O)CCCOc1ccc(Cl)cc1Cl. The summed E-state index contributed by atoms with van der Waals surface area (Å²) in [6.07, 6.45) is 0.812. The van der Waals surface area contributed by atoms with E-state index in [0.29, 0.717) is 28.8 Å². The molecule has 0 aromatic heterocycles. The molecular formula is C14H18Cl2N2O3. The Morgan fingerprint density at radius 1 is 1.29 bits per heavy atom. The molecule has 0 aliphatic rings. The predicted molar refractivity (Wildman–Crippen MR) is 82.9 cm³/mol. The highest BCUT2D eigenvalue weighted by Crippen LogP contribution is 2.27. The Balaban J connectivity index is 2.22. The maximum atomic E-state index is 11.5. The molecule has 21 heavy (non-hydrogen) atoms. The summed E-state index contributed by atoms with van der Waals surface area (Å²) in [5, 5.41) is 3.53. The van der Waals surface area contributed by atoms with Crippen LogP contribution in [0.2, 0.25) is 10.0 Å². The van der Waals surface area contributed by atoms with Crippen molar-refractivity contribution in [3.63, 3.8) is 0 Å². The minimum absolute atomic E-state index is 0.00963. The Bertz CT molecular complexity index is 507. The molecule has 0 atom stereocenters. The molecule has 7 heteroatoms. The standard InChI is InChI=1S/C14H18Cl2N2O3/c1-18(2)14(20)9-17-13(19)4-3-7-21-12-6-5-10(15)8-11(12)16/h5-6,8H,3-4,7,9H2,1-2H3,(H,17,19). The van der Waals surface area contributed by atoms with Crippen molar-refractivity contribution in [3.05, 3.63) is 28.2 Å². The van der Waals surface area contributed by atoms with E-state index in [1.165, 1.54) is 4.90 Å². The van der Waals surface area contributed by atoms with Crippen LogP contribution in [0.25, 0.3) is 0 Å². The normalized spacial score (nSPS) is 10.1. The number of benzene rings is 1. The second-order valence-electron chi connectivity index (χ2n) is 4.59. The summed E-state index contributed by atoms with van der Waals surface area (Å²) >= 11 is 11.7. The van der Waals surface area contributed by atoms with Crippen LogP contribution in [0.1, 0.15) is 12.8 Å². The fourth-order valence-electron chi connectivity index (χ4n) is 1.43. The molecule has 2 amide bonds. The third-order valence-corrected chi connectivity index (χ3v) is 3.17. The first kappa shape index (κ1) is 17.6. The van der Waals surface area contributed by atoms with Gasteiger partial charge in [0, 0.05) is 25.5 Å². The van der Waals surface area contributed by atoms with Gasteiger partial charge in [-0.25, -0.2) is 0 Å². The van der Waals surface area contributed by atoms with Crippen LogP contribution < -0.4 is 10.1 Å². The summed E-state index contributed by atoms with van der Waals surface area (Å²) in [4.78, 5) is 24.2. The van der Waals surface area contributed by atoms with Gasteiger partial charge in [0.2, 0.25) is 11.8 Å². The molecular weight excluding hydrogens is 315 g/mol. The number of likely N-dealkylation sites (N-methyl/N-ethyl adjacent to an activating group) is 1. The Morgan fingerprint density at radius 3 is 2.62 bits per heavy atom. The van der Waals surface area contributed by atoms with Crippen molar-refractivity contribution in [2.75, 3.05) is 27.2 Å². The van der Waals surface area contributed by atoms with Crippen LogP contribution in [0.4, 0.5) is 0 Å². The van der Waals surface area contributed by atoms with Gasteiger partial charge in [0.1, 0.15) is 5.75 Å². The number of amides is 2. The predicted octanol–water partition coefficient (Wildman–Crippen LogP) is 2.36. The van der Waals surface area contributed by atoms with Gasteiger partial charge in [-0.1, -0.05) is 23.2 Å². The first-order chi connectivity index (χ1) is 9.90. The number of nitrogens with one attached hydrogen (secondary N) is 1. The van der Waals surface area contributed by atoms with Gasteiger partial charge in [0.15, 0.2) is 0 Å². The van der Waals surface area contributed by atoms with Crippen LogP contribution in [-0.4, -0.2) is 44.0 Å². The number of carbonyl (C=O) groups is 2. The summed E-state index contributed by atoms with van der Waals surface area (Å²) in [5.41, 5.74) is 0. The lowest BCUT2D eigenvalue weighted by molar-refractivity contribution is -0.130. The number of ether oxygens (including phenoxy) is 1. The van der Waals surface area contributed by atoms with Gasteiger partial charge >= 0.3 is 0 Å². The minimum Gasteiger partial charge on any atom is -0.492 e. The van der Waals surface area contributed by atoms with Crippen LogP contribution in [0.5, 0.6) is 5.75 Å². The number of hydrogen-bond donors (Lipinski definition) is 1. The van der Waals surface area contributed by atoms with E-state index >= 15 is 0 Å². The van der Waals surface area contributed by atoms with Crippen molar-refractivity contribution in [1.29, 1.82) is 0 Å². The van der Waals surface area contributed by atoms with Gasteiger partial charge in [-0.2, -0.15) is 0 Å². The molecule has 0 heterocycles. The van der Waals surface area contributed by atoms with Gasteiger partial charge in [0.25, 0.3) is 0 Å². The van der Waals surface area contributed by atoms with Crippen molar-refractivity contribution >= 4 is 35.0 Å². The van der Waals surface area contributed by atoms with Crippen LogP contribution in [0.3, 0.4) is 0 Å². The average Bonchev–Trinajstić information content (AvgIpc) is 2.42. The van der Waals surface area contributed by atoms with Crippen molar-refractivity contribution in [1.82, 2.24) is 10.2 Å². The van der Waals surface area contributed by atoms with Gasteiger partial charge in [-0.15, -0.1) is 0 Å². The number of carbonyl (C=O) groups excluding carboxylic acids is 2. The van der Waals surface area contributed by atoms with E-state index in [0.717, 1.165) is 0 Å². The fourth-order valence-corrected chi connectivity index (χ4v) is 1.89. The molecule has 1 N–H and O–H groups in total. The van der Waals surface area contributed by atoms with E-state index < -0.39 is 0 Å². The van der Waals surface area contributed by atoms with E-state index in [2.05, 4.69) is 5.32 Å². The lowest BCUT2D eigenvalue weighted by Crippen LogP contribution is -2.36. The van der Waals surface area contributed by atoms with E-state index in [4.69, 9.17) is 27.9 Å². The van der Waals surface area contributed by atoms with E-state index in [1.54, 1.807) is 32.3 Å². The largest absolute Gasteiger partial charge is 0.492 e. The molecule has 1 aromatic rings. The minimum atomic E-state index is -0.184. The van der Waals surface area contributed by atoms with E-state index in [-0.39, 0.29) is 24.8 Å². The Hall–Kier alpha value is -1.46. The summed E-state index contributed by atoms with van der Waals surface area (Å²) in [7, 11) is 3.27. The van der Waals surface area contributed by atoms with Crippen LogP contribution in [0.15, 0.2) is 18.2 Å². The monoisotopic (exact) mass is 332 g/mol. The number of nitrogens with zero attached hydrogens (tertiary/aromatic N) is 1. The molecule has 0 saturated heterocycles. The molecule has 0 unspecified atom stereocenters. The van der Waals surface area contributed by atoms with Crippen LogP contribution >= 0.6 is 23.2 Å². The summed E-state index contributed by atoms with van der Waals surface area (Å²) in [5.74, 6) is 0.202. The fraction of sp³-hybridized carbons (Fsp3) is 0.429. The van der Waals surface area contributed by atoms with E-state index in [1.807, 2.05) is 0 Å². The summed E-state index contributed by atoms with van der Waals surface area (Å²) in [6.45, 7) is 0.367. The second-order valence-corrected chi connectivity index (χ2v) is 5.44. The van der Waals surface area contributed by atoms with Crippen molar-refractivity contribution < 1.29 is 14.3 Å². The zero-order chi connectivity index (χ0) is 15.8. The first-order valence-corrected chi connectivity index (χ1v) is 7.20. The quantitative estimate of drug-likeness (QED) is 0.780. The maximum Gasteiger partial charge on any atom is 0.241 e. The molecule has 116 valence electrons. The Labute approximate surface area is 134 Å². The van der Waals surface area contributed by atoms with Crippen LogP contribution in [-0.2, 0) is 9.59 Å². The molecule has 0 aliphatic carbocycles. The highest BCUT2D eigenvalue weighted by molar-refractivity contribution is 6.35. The number of rotatable bonds is 7. The maximum absolute atomic E-state index is 11.5. The van der Waals surface area contributed by atoms with Crippen molar-refractivity contribution in [2.24, 2.45) is 0 Å². The number of hydrogen-bond acceptors (Lipinski definition) is 3. The molecule has 0 bridgehead atoms. The van der Waals surface area contributed by atoms with E-state index in [9.17, 15) is 9.59 Å². The van der Waals surface area contributed by atoms with Gasteiger partial charge in [-0.05, 0) is 24.6 Å². The summed E-state index contributed by atoms with van der Waals surface area (Å²) in [6, 6.07) is 4.96. The average molecular weight is 333 g/mol. The van der Waals surface area contributed by atoms with Crippen molar-refractivity contribution in [3.8, 4) is 5.75 Å². The van der Waals surface area contributed by atoms with Gasteiger partial charge < -0.3 is 15.0 Å². The van der Waals surface area contributed by atoms with Gasteiger partial charge in [-0.3, -0.25) is 9.59 Å². The Morgan fingerprint density at radius 2 is 2.00 bits per heavy atom. The molecule has 0 radical (unpaired) electrons. The Kier molecular flexibility index (Phi) is 7.32. The molecule has 1 aromatic carbocycles. The topological polar surface area (TPSA) is 58.6 Å². The van der Waals surface area contributed by atoms with Gasteiger partial charge in [0.05, 0.1) is 18.2 Å². The molecule has 5 nitrogen and oxygen atoms in total. The summed E-state index contributed by atoms with van der Waals surface area (Å²) < 4.78 is 5.46. The lowest BCUT2D eigenvalue weighted by atomic mass is 10.3. The third-order valence-electron chi connectivity index (χ3n) is 2.64. The van der Waals surface area contributed by atoms with Crippen molar-refractivity contribution in [2.45, 2.75) is 12.8 Å². The molecule has 1 rings (SSSR count). The van der Waals surface area contributed by atoms with Crippen LogP contribution in [0, 0.1) is 0 Å². The third kappa shape index (κ3) is 6.69. The molecule has 0 spiro atoms. The molecule has 0 aliphatic heterocycles. The highest BCUT2D eigenvalue weighted by atomic mass is 35.5.